The molecule has 4 heterocycles. The van der Waals surface area contributed by atoms with Gasteiger partial charge in [0.25, 0.3) is 5.91 Å². The van der Waals surface area contributed by atoms with Crippen molar-refractivity contribution in [3.05, 3.63) is 54.4 Å². The molecule has 3 fully saturated rings. The van der Waals surface area contributed by atoms with Crippen LogP contribution in [0.4, 0.5) is 18.0 Å². The Morgan fingerprint density at radius 2 is 1.83 bits per heavy atom. The van der Waals surface area contributed by atoms with Gasteiger partial charge in [-0.2, -0.15) is 18.3 Å². The van der Waals surface area contributed by atoms with Crippen molar-refractivity contribution in [2.24, 2.45) is 17.8 Å². The highest BCUT2D eigenvalue weighted by atomic mass is 32.2. The number of carbonyl (C=O) groups excluding carboxylic acids is 3. The number of alkyl halides is 3. The number of ether oxygens (including phenoxy) is 2. The normalized spacial score (nSPS) is 27.0. The molecule has 3 aromatic rings. The number of aromatic nitrogens is 3. The largest absolute Gasteiger partial charge is 0.497 e. The molecule has 66 heavy (non-hydrogen) atoms. The number of carboxylic acid groups (broad SMARTS) is 1. The monoisotopic (exact) mass is 943 g/mol. The lowest BCUT2D eigenvalue weighted by molar-refractivity contribution is -0.222. The Bertz CT molecular complexity index is 2520. The molecular formula is C46H60F3N7O9S. The molecule has 4 aliphatic rings. The first-order chi connectivity index (χ1) is 30.9. The molecule has 0 bridgehead atoms. The van der Waals surface area contributed by atoms with Crippen molar-refractivity contribution in [3.63, 3.8) is 0 Å². The molecule has 7 rings (SSSR count). The minimum Gasteiger partial charge on any atom is -0.497 e. The van der Waals surface area contributed by atoms with E-state index in [4.69, 9.17) is 14.5 Å². The fourth-order valence-electron chi connectivity index (χ4n) is 9.23. The van der Waals surface area contributed by atoms with E-state index in [1.54, 1.807) is 48.1 Å². The Morgan fingerprint density at radius 3 is 2.44 bits per heavy atom. The second-order valence-corrected chi connectivity index (χ2v) is 21.7. The number of pyridine rings is 1. The van der Waals surface area contributed by atoms with Crippen molar-refractivity contribution in [1.29, 1.82) is 0 Å². The van der Waals surface area contributed by atoms with Gasteiger partial charge in [0, 0.05) is 36.1 Å². The van der Waals surface area contributed by atoms with Gasteiger partial charge < -0.3 is 24.8 Å². The Kier molecular flexibility index (Phi) is 13.0. The minimum absolute atomic E-state index is 0.0394. The number of fused-ring (bicyclic) bond motifs is 3. The number of allylic oxidation sites excluding steroid dienone is 1. The van der Waals surface area contributed by atoms with Gasteiger partial charge in [-0.15, -0.1) is 0 Å². The van der Waals surface area contributed by atoms with E-state index in [1.165, 1.54) is 14.0 Å². The molecule has 2 aromatic heterocycles. The van der Waals surface area contributed by atoms with Crippen LogP contribution in [0.2, 0.25) is 0 Å². The summed E-state index contributed by atoms with van der Waals surface area (Å²) in [6.07, 6.45) is -1.04. The van der Waals surface area contributed by atoms with Crippen molar-refractivity contribution in [3.8, 4) is 17.3 Å². The standard InChI is InChI=1S/C46H60F3N7O9S/c1-9-28-20-27(4)12-10-11-13-29-24-45(29,41(59)53-66(62,63)44(7)17-18-44)51-39(57)35-22-31(25-54(35)40(58)38(28)56(42(60)61)43(5,6)46(47,48)49)65-36-23-37(55-19-16-33(52-55)26(2)3)50-34-21-30(64-8)14-15-32(34)36/h11,13-16,19,21,23,26-29,31,35,38H,9-10,12,17-18,20,22,24-25H2,1-8H3,(H,51,57)(H,53,59)(H,60,61)/t27-,28-,29-,31-,35+,38+,45-/m1/s1. The summed E-state index contributed by atoms with van der Waals surface area (Å²) in [6, 6.07) is 5.20. The van der Waals surface area contributed by atoms with Crippen LogP contribution in [0.15, 0.2) is 48.7 Å². The lowest BCUT2D eigenvalue weighted by Gasteiger charge is -2.46. The third kappa shape index (κ3) is 9.17. The summed E-state index contributed by atoms with van der Waals surface area (Å²) in [5.41, 5.74) is -3.55. The SMILES string of the molecule is CC[C@@H]1C[C@H](C)CCC=C[C@@H]2C[C@@]2(C(=O)NS(=O)(=O)C2(C)CC2)NC(=O)[C@@H]2C[C@@H](Oc3cc(-n4ccc(C(C)C)n4)nc4cc(OC)ccc34)CN2C(=O)[C@H]1N(C(=O)O)C(C)(C)C(F)(F)F. The van der Waals surface area contributed by atoms with Crippen molar-refractivity contribution in [1.82, 2.24) is 34.6 Å². The summed E-state index contributed by atoms with van der Waals surface area (Å²) in [5, 5.41) is 18.7. The number of sulfonamides is 1. The molecule has 1 saturated heterocycles. The van der Waals surface area contributed by atoms with E-state index in [0.717, 1.165) is 10.6 Å². The maximum atomic E-state index is 15.4. The van der Waals surface area contributed by atoms with Crippen LogP contribution in [0.3, 0.4) is 0 Å². The van der Waals surface area contributed by atoms with Crippen LogP contribution in [-0.2, 0) is 24.4 Å². The summed E-state index contributed by atoms with van der Waals surface area (Å²) in [6.45, 7) is 10.1. The number of nitrogens with one attached hydrogen (secondary N) is 2. The number of halogens is 3. The van der Waals surface area contributed by atoms with Gasteiger partial charge in [0.2, 0.25) is 21.8 Å². The van der Waals surface area contributed by atoms with Gasteiger partial charge in [0.15, 0.2) is 5.82 Å². The molecule has 4 amide bonds. The number of nitrogens with zero attached hydrogens (tertiary/aromatic N) is 5. The Labute approximate surface area is 382 Å². The quantitative estimate of drug-likeness (QED) is 0.170. The van der Waals surface area contributed by atoms with Crippen LogP contribution >= 0.6 is 0 Å². The molecule has 360 valence electrons. The van der Waals surface area contributed by atoms with Crippen molar-refractivity contribution >= 4 is 44.7 Å². The summed E-state index contributed by atoms with van der Waals surface area (Å²) in [4.78, 5) is 63.7. The fraction of sp³-hybridized carbons (Fsp3) is 0.609. The van der Waals surface area contributed by atoms with Crippen LogP contribution < -0.4 is 19.5 Å². The zero-order chi connectivity index (χ0) is 48.3. The van der Waals surface area contributed by atoms with Crippen molar-refractivity contribution in [2.75, 3.05) is 13.7 Å². The van der Waals surface area contributed by atoms with E-state index in [9.17, 15) is 41.1 Å². The van der Waals surface area contributed by atoms with Crippen molar-refractivity contribution in [2.45, 2.75) is 146 Å². The van der Waals surface area contributed by atoms with Gasteiger partial charge in [0.05, 0.1) is 29.6 Å². The predicted octanol–water partition coefficient (Wildman–Crippen LogP) is 6.87. The number of rotatable bonds is 11. The van der Waals surface area contributed by atoms with E-state index in [0.29, 0.717) is 62.0 Å². The zero-order valence-electron chi connectivity index (χ0n) is 38.5. The van der Waals surface area contributed by atoms with Crippen LogP contribution in [0.25, 0.3) is 16.7 Å². The lowest BCUT2D eigenvalue weighted by atomic mass is 9.82. The molecule has 0 spiro atoms. The highest BCUT2D eigenvalue weighted by molar-refractivity contribution is 7.91. The molecule has 1 aromatic carbocycles. The first kappa shape index (κ1) is 48.5. The predicted molar refractivity (Wildman–Crippen MR) is 237 cm³/mol. The minimum atomic E-state index is -5.11. The zero-order valence-corrected chi connectivity index (χ0v) is 39.3. The van der Waals surface area contributed by atoms with Gasteiger partial charge in [-0.05, 0) is 95.2 Å². The molecule has 2 saturated carbocycles. The first-order valence-electron chi connectivity index (χ1n) is 22.5. The number of hydrogen-bond donors (Lipinski definition) is 3. The first-order valence-corrected chi connectivity index (χ1v) is 24.0. The third-order valence-corrected chi connectivity index (χ3v) is 16.2. The molecule has 20 heteroatoms. The Hall–Kier alpha value is -5.40. The fourth-order valence-corrected chi connectivity index (χ4v) is 10.5. The number of carbonyl (C=O) groups is 4. The molecule has 0 radical (unpaired) electrons. The molecule has 2 aliphatic heterocycles. The summed E-state index contributed by atoms with van der Waals surface area (Å²) in [5.74, 6) is -3.38. The molecule has 0 unspecified atom stereocenters. The van der Waals surface area contributed by atoms with Gasteiger partial charge in [0.1, 0.15) is 40.8 Å². The number of amides is 4. The topological polar surface area (TPSA) is 202 Å². The average molecular weight is 944 g/mol. The molecule has 2 aliphatic carbocycles. The molecular weight excluding hydrogens is 884 g/mol. The molecule has 3 N–H and O–H groups in total. The summed E-state index contributed by atoms with van der Waals surface area (Å²) in [7, 11) is -2.64. The van der Waals surface area contributed by atoms with E-state index >= 15 is 4.79 Å². The second-order valence-electron chi connectivity index (χ2n) is 19.5. The van der Waals surface area contributed by atoms with Crippen LogP contribution in [0, 0.1) is 17.8 Å². The van der Waals surface area contributed by atoms with Crippen LogP contribution in [0.1, 0.15) is 111 Å². The van der Waals surface area contributed by atoms with E-state index < -0.39 is 85.9 Å². The Morgan fingerprint density at radius 1 is 1.12 bits per heavy atom. The summed E-state index contributed by atoms with van der Waals surface area (Å²) < 4.78 is 86.4. The summed E-state index contributed by atoms with van der Waals surface area (Å²) >= 11 is 0. The van der Waals surface area contributed by atoms with E-state index in [1.807, 2.05) is 32.9 Å². The Balaban J connectivity index is 1.33. The van der Waals surface area contributed by atoms with Crippen LogP contribution in [0.5, 0.6) is 11.5 Å². The highest BCUT2D eigenvalue weighted by Gasteiger charge is 2.64. The van der Waals surface area contributed by atoms with Gasteiger partial charge in [-0.25, -0.2) is 22.9 Å². The van der Waals surface area contributed by atoms with Gasteiger partial charge in [-0.1, -0.05) is 46.3 Å². The van der Waals surface area contributed by atoms with E-state index in [2.05, 4.69) is 15.1 Å². The second kappa shape index (κ2) is 17.7. The lowest BCUT2D eigenvalue weighted by Crippen LogP contribution is -2.66. The third-order valence-electron chi connectivity index (χ3n) is 14.0. The van der Waals surface area contributed by atoms with Crippen molar-refractivity contribution < 1.29 is 55.3 Å². The smallest absolute Gasteiger partial charge is 0.411 e. The number of hydrogen-bond acceptors (Lipinski definition) is 10. The average Bonchev–Trinajstić information content (AvgIpc) is 4.01. The van der Waals surface area contributed by atoms with E-state index in [-0.39, 0.29) is 54.7 Å². The molecule has 16 nitrogen and oxygen atoms in total. The number of benzene rings is 1. The number of methoxy groups -OCH3 is 1. The highest BCUT2D eigenvalue weighted by Crippen LogP contribution is 2.48. The maximum absolute atomic E-state index is 15.4. The van der Waals surface area contributed by atoms with Gasteiger partial charge in [-0.3, -0.25) is 24.0 Å². The van der Waals surface area contributed by atoms with Crippen LogP contribution in [-0.4, -0.2) is 116 Å². The van der Waals surface area contributed by atoms with Gasteiger partial charge >= 0.3 is 12.3 Å². The maximum Gasteiger partial charge on any atom is 0.411 e. The molecule has 7 atom stereocenters.